The van der Waals surface area contributed by atoms with Gasteiger partial charge in [0.2, 0.25) is 0 Å². The average Bonchev–Trinajstić information content (AvgIpc) is 3.04. The summed E-state index contributed by atoms with van der Waals surface area (Å²) in [4.78, 5) is 20.0. The minimum absolute atomic E-state index is 0.190. The molecule has 6 nitrogen and oxygen atoms in total. The lowest BCUT2D eigenvalue weighted by Crippen LogP contribution is -2.23. The Morgan fingerprint density at radius 2 is 1.84 bits per heavy atom. The fourth-order valence-electron chi connectivity index (χ4n) is 2.55. The summed E-state index contributed by atoms with van der Waals surface area (Å²) in [5, 5.41) is 2.87. The van der Waals surface area contributed by atoms with Crippen LogP contribution in [0, 0.1) is 0 Å². The van der Waals surface area contributed by atoms with Crippen molar-refractivity contribution in [1.29, 1.82) is 0 Å². The van der Waals surface area contributed by atoms with E-state index in [0.29, 0.717) is 42.6 Å². The zero-order valence-electron chi connectivity index (χ0n) is 14.3. The smallest absolute Gasteiger partial charge is 0.251 e. The topological polar surface area (TPSA) is 76.2 Å². The van der Waals surface area contributed by atoms with Crippen molar-refractivity contribution in [2.24, 2.45) is 0 Å². The first-order valence-corrected chi connectivity index (χ1v) is 8.32. The van der Waals surface area contributed by atoms with Crippen LogP contribution in [-0.4, -0.2) is 29.1 Å². The van der Waals surface area contributed by atoms with Gasteiger partial charge in [-0.1, -0.05) is 12.1 Å². The molecule has 1 heterocycles. The number of aromatic nitrogens is 2. The minimum atomic E-state index is -0.190. The van der Waals surface area contributed by atoms with Gasteiger partial charge < -0.3 is 19.8 Å². The fraction of sp³-hybridized carbons (Fsp3) is 0.263. The summed E-state index contributed by atoms with van der Waals surface area (Å²) in [6, 6.07) is 12.9. The number of para-hydroxylation sites is 2. The summed E-state index contributed by atoms with van der Waals surface area (Å²) in [5.41, 5.74) is 2.35. The van der Waals surface area contributed by atoms with Crippen molar-refractivity contribution >= 4 is 16.9 Å². The maximum atomic E-state index is 12.4. The zero-order chi connectivity index (χ0) is 17.6. The molecule has 0 radical (unpaired) electrons. The summed E-state index contributed by atoms with van der Waals surface area (Å²) in [7, 11) is 0. The molecular weight excluding hydrogens is 318 g/mol. The minimum Gasteiger partial charge on any atom is -0.490 e. The number of benzene rings is 2. The van der Waals surface area contributed by atoms with Crippen molar-refractivity contribution in [3.05, 3.63) is 53.9 Å². The molecule has 2 N–H and O–H groups in total. The number of ether oxygens (including phenoxy) is 2. The van der Waals surface area contributed by atoms with Crippen LogP contribution in [-0.2, 0) is 6.54 Å². The zero-order valence-corrected chi connectivity index (χ0v) is 14.3. The van der Waals surface area contributed by atoms with Gasteiger partial charge in [-0.25, -0.2) is 4.98 Å². The maximum absolute atomic E-state index is 12.4. The van der Waals surface area contributed by atoms with Crippen molar-refractivity contribution in [2.45, 2.75) is 20.4 Å². The molecular formula is C19H21N3O3. The first kappa shape index (κ1) is 16.8. The molecule has 0 fully saturated rings. The molecule has 3 aromatic rings. The third kappa shape index (κ3) is 3.91. The maximum Gasteiger partial charge on any atom is 0.251 e. The average molecular weight is 339 g/mol. The number of carbonyl (C=O) groups excluding carboxylic acids is 1. The number of imidazole rings is 1. The van der Waals surface area contributed by atoms with Gasteiger partial charge in [0.25, 0.3) is 5.91 Å². The largest absolute Gasteiger partial charge is 0.490 e. The second-order valence-electron chi connectivity index (χ2n) is 5.41. The molecule has 0 aliphatic rings. The Kier molecular flexibility index (Phi) is 5.18. The molecule has 0 unspecified atom stereocenters. The van der Waals surface area contributed by atoms with Gasteiger partial charge in [0.05, 0.1) is 30.8 Å². The molecule has 2 aromatic carbocycles. The predicted octanol–water partition coefficient (Wildman–Crippen LogP) is 3.29. The van der Waals surface area contributed by atoms with E-state index in [0.717, 1.165) is 11.0 Å². The Labute approximate surface area is 146 Å². The van der Waals surface area contributed by atoms with Crippen molar-refractivity contribution in [3.63, 3.8) is 0 Å². The summed E-state index contributed by atoms with van der Waals surface area (Å²) in [5.74, 6) is 1.73. The highest BCUT2D eigenvalue weighted by molar-refractivity contribution is 5.94. The Bertz CT molecular complexity index is 840. The van der Waals surface area contributed by atoms with Crippen LogP contribution in [0.15, 0.2) is 42.5 Å². The van der Waals surface area contributed by atoms with E-state index in [9.17, 15) is 4.79 Å². The van der Waals surface area contributed by atoms with E-state index in [1.807, 2.05) is 38.1 Å². The number of carbonyl (C=O) groups is 1. The molecule has 1 amide bonds. The Morgan fingerprint density at radius 1 is 1.08 bits per heavy atom. The molecule has 0 aliphatic heterocycles. The van der Waals surface area contributed by atoms with Crippen molar-refractivity contribution in [1.82, 2.24) is 15.3 Å². The van der Waals surface area contributed by atoms with Crippen molar-refractivity contribution in [2.75, 3.05) is 13.2 Å². The van der Waals surface area contributed by atoms with Gasteiger partial charge in [0.15, 0.2) is 11.5 Å². The summed E-state index contributed by atoms with van der Waals surface area (Å²) in [6.45, 7) is 5.17. The fourth-order valence-corrected chi connectivity index (χ4v) is 2.55. The van der Waals surface area contributed by atoms with Crippen LogP contribution in [0.2, 0.25) is 0 Å². The normalized spacial score (nSPS) is 10.6. The molecule has 6 heteroatoms. The number of nitrogens with one attached hydrogen (secondary N) is 2. The van der Waals surface area contributed by atoms with E-state index in [4.69, 9.17) is 9.47 Å². The van der Waals surface area contributed by atoms with Crippen molar-refractivity contribution < 1.29 is 14.3 Å². The van der Waals surface area contributed by atoms with E-state index in [2.05, 4.69) is 15.3 Å². The second-order valence-corrected chi connectivity index (χ2v) is 5.41. The third-order valence-corrected chi connectivity index (χ3v) is 3.66. The standard InChI is InChI=1S/C19H21N3O3/c1-3-24-16-10-9-13(11-17(16)25-4-2)19(23)20-12-18-21-14-7-5-6-8-15(14)22-18/h5-11H,3-4,12H2,1-2H3,(H,20,23)(H,21,22). The van der Waals surface area contributed by atoms with Crippen LogP contribution in [0.25, 0.3) is 11.0 Å². The van der Waals surface area contributed by atoms with Crippen LogP contribution >= 0.6 is 0 Å². The molecule has 0 saturated carbocycles. The lowest BCUT2D eigenvalue weighted by atomic mass is 10.2. The Hall–Kier alpha value is -3.02. The quantitative estimate of drug-likeness (QED) is 0.692. The molecule has 0 spiro atoms. The molecule has 3 rings (SSSR count). The van der Waals surface area contributed by atoms with E-state index in [1.165, 1.54) is 0 Å². The number of nitrogens with zero attached hydrogens (tertiary/aromatic N) is 1. The number of H-pyrrole nitrogens is 1. The van der Waals surface area contributed by atoms with Gasteiger partial charge >= 0.3 is 0 Å². The SMILES string of the molecule is CCOc1ccc(C(=O)NCc2nc3ccccc3[nH]2)cc1OCC. The van der Waals surface area contributed by atoms with E-state index >= 15 is 0 Å². The van der Waals surface area contributed by atoms with E-state index in [-0.39, 0.29) is 5.91 Å². The molecule has 25 heavy (non-hydrogen) atoms. The number of hydrogen-bond acceptors (Lipinski definition) is 4. The number of aromatic amines is 1. The first-order valence-electron chi connectivity index (χ1n) is 8.32. The second kappa shape index (κ2) is 7.70. The van der Waals surface area contributed by atoms with Gasteiger partial charge in [0.1, 0.15) is 5.82 Å². The van der Waals surface area contributed by atoms with Gasteiger partial charge in [-0.3, -0.25) is 4.79 Å². The van der Waals surface area contributed by atoms with E-state index < -0.39 is 0 Å². The highest BCUT2D eigenvalue weighted by Crippen LogP contribution is 2.28. The third-order valence-electron chi connectivity index (χ3n) is 3.66. The van der Waals surface area contributed by atoms with Crippen LogP contribution in [0.4, 0.5) is 0 Å². The highest BCUT2D eigenvalue weighted by Gasteiger charge is 2.12. The molecule has 1 aromatic heterocycles. The Morgan fingerprint density at radius 3 is 2.60 bits per heavy atom. The molecule has 130 valence electrons. The highest BCUT2D eigenvalue weighted by atomic mass is 16.5. The number of rotatable bonds is 7. The van der Waals surface area contributed by atoms with Crippen molar-refractivity contribution in [3.8, 4) is 11.5 Å². The number of hydrogen-bond donors (Lipinski definition) is 2. The van der Waals surface area contributed by atoms with Gasteiger partial charge in [-0.05, 0) is 44.2 Å². The summed E-state index contributed by atoms with van der Waals surface area (Å²) in [6.07, 6.45) is 0. The van der Waals surface area contributed by atoms with E-state index in [1.54, 1.807) is 18.2 Å². The Balaban J connectivity index is 1.70. The molecule has 0 atom stereocenters. The predicted molar refractivity (Wildman–Crippen MR) is 96.0 cm³/mol. The number of amides is 1. The van der Waals surface area contributed by atoms with Gasteiger partial charge in [-0.15, -0.1) is 0 Å². The molecule has 0 saturated heterocycles. The van der Waals surface area contributed by atoms with Crippen LogP contribution < -0.4 is 14.8 Å². The summed E-state index contributed by atoms with van der Waals surface area (Å²) >= 11 is 0. The van der Waals surface area contributed by atoms with Gasteiger partial charge in [0, 0.05) is 5.56 Å². The van der Waals surface area contributed by atoms with Crippen LogP contribution in [0.1, 0.15) is 30.0 Å². The van der Waals surface area contributed by atoms with Gasteiger partial charge in [-0.2, -0.15) is 0 Å². The molecule has 0 bridgehead atoms. The lowest BCUT2D eigenvalue weighted by Gasteiger charge is -2.12. The monoisotopic (exact) mass is 339 g/mol. The first-order chi connectivity index (χ1) is 12.2. The lowest BCUT2D eigenvalue weighted by molar-refractivity contribution is 0.0949. The molecule has 0 aliphatic carbocycles. The number of fused-ring (bicyclic) bond motifs is 1. The van der Waals surface area contributed by atoms with Crippen LogP contribution in [0.3, 0.4) is 0 Å². The summed E-state index contributed by atoms with van der Waals surface area (Å²) < 4.78 is 11.1. The van der Waals surface area contributed by atoms with Crippen LogP contribution in [0.5, 0.6) is 11.5 Å².